The van der Waals surface area contributed by atoms with Crippen molar-refractivity contribution in [2.75, 3.05) is 32.5 Å². The fraction of sp³-hybridized carbons (Fsp3) is 0.923. The summed E-state index contributed by atoms with van der Waals surface area (Å²) >= 11 is 0. The number of nitrogens with one attached hydrogen (secondary N) is 1. The van der Waals surface area contributed by atoms with E-state index in [0.29, 0.717) is 19.1 Å². The third kappa shape index (κ3) is 6.67. The van der Waals surface area contributed by atoms with E-state index in [1.807, 2.05) is 0 Å². The first-order chi connectivity index (χ1) is 9.29. The Morgan fingerprint density at radius 2 is 2.15 bits per heavy atom. The fourth-order valence-electron chi connectivity index (χ4n) is 2.05. The van der Waals surface area contributed by atoms with E-state index in [-0.39, 0.29) is 25.1 Å². The van der Waals surface area contributed by atoms with Gasteiger partial charge in [0, 0.05) is 19.7 Å². The SMILES string of the molecule is CC(C)CCNC(=O)CN(CC1CCCO1)S(C)(=O)=O. The van der Waals surface area contributed by atoms with Crippen LogP contribution in [0.3, 0.4) is 0 Å². The lowest BCUT2D eigenvalue weighted by Crippen LogP contribution is -2.43. The van der Waals surface area contributed by atoms with Gasteiger partial charge in [-0.15, -0.1) is 0 Å². The first-order valence-corrected chi connectivity index (χ1v) is 8.97. The van der Waals surface area contributed by atoms with Crippen LogP contribution in [0.4, 0.5) is 0 Å². The average Bonchev–Trinajstić information content (AvgIpc) is 2.79. The Labute approximate surface area is 121 Å². The topological polar surface area (TPSA) is 75.7 Å². The summed E-state index contributed by atoms with van der Waals surface area (Å²) < 4.78 is 30.1. The number of carbonyl (C=O) groups excluding carboxylic acids is 1. The van der Waals surface area contributed by atoms with Crippen molar-refractivity contribution in [2.45, 2.75) is 39.2 Å². The van der Waals surface area contributed by atoms with Crippen LogP contribution in [0, 0.1) is 5.92 Å². The first kappa shape index (κ1) is 17.4. The molecule has 1 aliphatic rings. The van der Waals surface area contributed by atoms with Gasteiger partial charge in [0.25, 0.3) is 0 Å². The van der Waals surface area contributed by atoms with Crippen LogP contribution in [0.1, 0.15) is 33.1 Å². The summed E-state index contributed by atoms with van der Waals surface area (Å²) in [6, 6.07) is 0. The molecule has 0 spiro atoms. The van der Waals surface area contributed by atoms with E-state index in [2.05, 4.69) is 19.2 Å². The monoisotopic (exact) mass is 306 g/mol. The van der Waals surface area contributed by atoms with Crippen LogP contribution in [0.15, 0.2) is 0 Å². The van der Waals surface area contributed by atoms with E-state index < -0.39 is 10.0 Å². The molecule has 6 nitrogen and oxygen atoms in total. The number of amides is 1. The molecule has 0 radical (unpaired) electrons. The fourth-order valence-corrected chi connectivity index (χ4v) is 2.84. The highest BCUT2D eigenvalue weighted by atomic mass is 32.2. The summed E-state index contributed by atoms with van der Waals surface area (Å²) in [7, 11) is -3.40. The maximum absolute atomic E-state index is 11.8. The van der Waals surface area contributed by atoms with E-state index in [1.165, 1.54) is 4.31 Å². The highest BCUT2D eigenvalue weighted by Crippen LogP contribution is 2.14. The van der Waals surface area contributed by atoms with Gasteiger partial charge in [0.15, 0.2) is 0 Å². The number of sulfonamides is 1. The van der Waals surface area contributed by atoms with Crippen molar-refractivity contribution in [3.63, 3.8) is 0 Å². The number of nitrogens with zero attached hydrogens (tertiary/aromatic N) is 1. The lowest BCUT2D eigenvalue weighted by Gasteiger charge is -2.22. The smallest absolute Gasteiger partial charge is 0.235 e. The predicted molar refractivity (Wildman–Crippen MR) is 77.9 cm³/mol. The summed E-state index contributed by atoms with van der Waals surface area (Å²) in [5.74, 6) is 0.252. The van der Waals surface area contributed by atoms with Crippen LogP contribution in [0.2, 0.25) is 0 Å². The molecule has 118 valence electrons. The summed E-state index contributed by atoms with van der Waals surface area (Å²) in [5, 5.41) is 2.76. The van der Waals surface area contributed by atoms with Gasteiger partial charge in [-0.2, -0.15) is 4.31 Å². The van der Waals surface area contributed by atoms with Crippen molar-refractivity contribution in [3.8, 4) is 0 Å². The molecule has 0 aliphatic carbocycles. The van der Waals surface area contributed by atoms with Crippen LogP contribution in [0.5, 0.6) is 0 Å². The minimum atomic E-state index is -3.40. The minimum Gasteiger partial charge on any atom is -0.377 e. The molecule has 1 heterocycles. The number of carbonyl (C=O) groups is 1. The lowest BCUT2D eigenvalue weighted by atomic mass is 10.1. The number of rotatable bonds is 8. The van der Waals surface area contributed by atoms with E-state index in [1.54, 1.807) is 0 Å². The van der Waals surface area contributed by atoms with Crippen molar-refractivity contribution in [1.29, 1.82) is 0 Å². The van der Waals surface area contributed by atoms with Crippen LogP contribution in [0.25, 0.3) is 0 Å². The van der Waals surface area contributed by atoms with Gasteiger partial charge in [-0.3, -0.25) is 4.79 Å². The Kier molecular flexibility index (Phi) is 6.91. The molecule has 1 unspecified atom stereocenters. The van der Waals surface area contributed by atoms with E-state index in [9.17, 15) is 13.2 Å². The summed E-state index contributed by atoms with van der Waals surface area (Å²) in [5.41, 5.74) is 0. The van der Waals surface area contributed by atoms with Crippen LogP contribution < -0.4 is 5.32 Å². The number of hydrogen-bond donors (Lipinski definition) is 1. The molecule has 20 heavy (non-hydrogen) atoms. The van der Waals surface area contributed by atoms with Gasteiger partial charge in [0.05, 0.1) is 18.9 Å². The third-order valence-corrected chi connectivity index (χ3v) is 4.48. The second kappa shape index (κ2) is 7.95. The third-order valence-electron chi connectivity index (χ3n) is 3.26. The van der Waals surface area contributed by atoms with Crippen LogP contribution >= 0.6 is 0 Å². The van der Waals surface area contributed by atoms with Crippen LogP contribution in [-0.4, -0.2) is 57.2 Å². The second-order valence-electron chi connectivity index (χ2n) is 5.72. The summed E-state index contributed by atoms with van der Waals surface area (Å²) in [6.45, 7) is 5.53. The maximum atomic E-state index is 11.8. The molecule has 1 N–H and O–H groups in total. The Hall–Kier alpha value is -0.660. The molecule has 1 fully saturated rings. The summed E-state index contributed by atoms with van der Waals surface area (Å²) in [4.78, 5) is 11.8. The standard InChI is InChI=1S/C13H26N2O4S/c1-11(2)6-7-14-13(16)10-15(20(3,17)18)9-12-5-4-8-19-12/h11-12H,4-10H2,1-3H3,(H,14,16). The second-order valence-corrected chi connectivity index (χ2v) is 7.71. The zero-order chi connectivity index (χ0) is 15.2. The molecule has 0 saturated carbocycles. The number of hydrogen-bond acceptors (Lipinski definition) is 4. The molecule has 0 aromatic heterocycles. The first-order valence-electron chi connectivity index (χ1n) is 7.12. The summed E-state index contributed by atoms with van der Waals surface area (Å²) in [6.07, 6.45) is 3.72. The molecule has 0 aromatic carbocycles. The molecule has 1 atom stereocenters. The minimum absolute atomic E-state index is 0.0896. The number of ether oxygens (including phenoxy) is 1. The van der Waals surface area contributed by atoms with E-state index >= 15 is 0 Å². The van der Waals surface area contributed by atoms with Gasteiger partial charge >= 0.3 is 0 Å². The average molecular weight is 306 g/mol. The Morgan fingerprint density at radius 1 is 1.45 bits per heavy atom. The molecule has 0 bridgehead atoms. The lowest BCUT2D eigenvalue weighted by molar-refractivity contribution is -0.121. The molecular formula is C13H26N2O4S. The van der Waals surface area contributed by atoms with Gasteiger partial charge in [-0.1, -0.05) is 13.8 Å². The van der Waals surface area contributed by atoms with Crippen molar-refractivity contribution in [3.05, 3.63) is 0 Å². The largest absolute Gasteiger partial charge is 0.377 e. The van der Waals surface area contributed by atoms with Crippen molar-refractivity contribution >= 4 is 15.9 Å². The van der Waals surface area contributed by atoms with Gasteiger partial charge in [-0.25, -0.2) is 8.42 Å². The predicted octanol–water partition coefficient (Wildman–Crippen LogP) is 0.589. The molecular weight excluding hydrogens is 280 g/mol. The van der Waals surface area contributed by atoms with Crippen LogP contribution in [-0.2, 0) is 19.6 Å². The van der Waals surface area contributed by atoms with Crippen molar-refractivity contribution in [2.24, 2.45) is 5.92 Å². The highest BCUT2D eigenvalue weighted by molar-refractivity contribution is 7.88. The molecule has 1 amide bonds. The van der Waals surface area contributed by atoms with E-state index in [4.69, 9.17) is 4.74 Å². The normalized spacial score (nSPS) is 19.8. The molecule has 1 saturated heterocycles. The Bertz CT molecular complexity index is 403. The molecule has 1 aliphatic heterocycles. The maximum Gasteiger partial charge on any atom is 0.235 e. The quantitative estimate of drug-likeness (QED) is 0.712. The van der Waals surface area contributed by atoms with Crippen molar-refractivity contribution in [1.82, 2.24) is 9.62 Å². The Balaban J connectivity index is 2.45. The highest BCUT2D eigenvalue weighted by Gasteiger charge is 2.26. The van der Waals surface area contributed by atoms with Gasteiger partial charge < -0.3 is 10.1 Å². The van der Waals surface area contributed by atoms with Crippen molar-refractivity contribution < 1.29 is 17.9 Å². The van der Waals surface area contributed by atoms with E-state index in [0.717, 1.165) is 25.5 Å². The molecule has 1 rings (SSSR count). The zero-order valence-electron chi connectivity index (χ0n) is 12.6. The van der Waals surface area contributed by atoms with Gasteiger partial charge in [0.2, 0.25) is 15.9 Å². The van der Waals surface area contributed by atoms with Gasteiger partial charge in [0.1, 0.15) is 0 Å². The molecule has 7 heteroatoms. The molecule has 0 aromatic rings. The zero-order valence-corrected chi connectivity index (χ0v) is 13.4. The Morgan fingerprint density at radius 3 is 2.65 bits per heavy atom. The van der Waals surface area contributed by atoms with Gasteiger partial charge in [-0.05, 0) is 25.2 Å².